The summed E-state index contributed by atoms with van der Waals surface area (Å²) in [5, 5.41) is 3.22. The van der Waals surface area contributed by atoms with Crippen LogP contribution in [0.5, 0.6) is 0 Å². The third-order valence-corrected chi connectivity index (χ3v) is 0.957. The first-order chi connectivity index (χ1) is 2.50. The molecule has 0 aromatic heterocycles. The van der Waals surface area contributed by atoms with Gasteiger partial charge in [0.25, 0.3) is 0 Å². The summed E-state index contributed by atoms with van der Waals surface area (Å²) < 4.78 is 0. The van der Waals surface area contributed by atoms with Crippen molar-refractivity contribution in [3.8, 4) is 0 Å². The number of hydrogen-bond acceptors (Lipinski definition) is 1. The first-order valence-electron chi connectivity index (χ1n) is 2.21. The third kappa shape index (κ3) is 2.19. The molecule has 0 saturated carbocycles. The molecule has 0 aliphatic carbocycles. The molecule has 0 radical (unpaired) electrons. The summed E-state index contributed by atoms with van der Waals surface area (Å²) in [5.74, 6) is 0. The minimum absolute atomic E-state index is 0. The van der Waals surface area contributed by atoms with Crippen LogP contribution in [0.25, 0.3) is 0 Å². The molecule has 32 valence electrons. The van der Waals surface area contributed by atoms with Crippen molar-refractivity contribution in [3.63, 3.8) is 0 Å². The minimum atomic E-state index is 0. The molecule has 1 aliphatic rings. The average Bonchev–Trinajstić information content (AvgIpc) is 1.76. The summed E-state index contributed by atoms with van der Waals surface area (Å²) >= 11 is 0. The Hall–Kier alpha value is 0.960. The van der Waals surface area contributed by atoms with E-state index in [4.69, 9.17) is 0 Å². The van der Waals surface area contributed by atoms with Crippen molar-refractivity contribution in [3.05, 3.63) is 0 Å². The molecule has 0 spiro atoms. The van der Waals surface area contributed by atoms with E-state index in [2.05, 4.69) is 5.32 Å². The first-order valence-corrected chi connectivity index (χ1v) is 2.21. The van der Waals surface area contributed by atoms with Crippen LogP contribution < -0.4 is 5.32 Å². The summed E-state index contributed by atoms with van der Waals surface area (Å²) in [6.07, 6.45) is 2.78. The second kappa shape index (κ2) is 4.13. The Kier molecular flexibility index (Phi) is 4.79. The van der Waals surface area contributed by atoms with Gasteiger partial charge in [-0.1, -0.05) is 0 Å². The zero-order chi connectivity index (χ0) is 3.54. The topological polar surface area (TPSA) is 12.0 Å². The van der Waals surface area contributed by atoms with Crippen LogP contribution in [0.1, 0.15) is 12.8 Å². The van der Waals surface area contributed by atoms with Crippen LogP contribution in [0.3, 0.4) is 0 Å². The summed E-state index contributed by atoms with van der Waals surface area (Å²) in [5.41, 5.74) is 0. The van der Waals surface area contributed by atoms with Crippen molar-refractivity contribution >= 4 is 29.6 Å². The predicted molar refractivity (Wildman–Crippen MR) is 29.3 cm³/mol. The van der Waals surface area contributed by atoms with Gasteiger partial charge < -0.3 is 5.32 Å². The molecular formula is C4H10NNa. The van der Waals surface area contributed by atoms with Crippen LogP contribution in [0, 0.1) is 0 Å². The van der Waals surface area contributed by atoms with Crippen molar-refractivity contribution in [2.45, 2.75) is 12.8 Å². The van der Waals surface area contributed by atoms with Gasteiger partial charge in [-0.3, -0.25) is 0 Å². The fourth-order valence-electron chi connectivity index (χ4n) is 0.625. The van der Waals surface area contributed by atoms with Crippen molar-refractivity contribution < 1.29 is 0 Å². The van der Waals surface area contributed by atoms with E-state index in [-0.39, 0.29) is 29.6 Å². The van der Waals surface area contributed by atoms with E-state index >= 15 is 0 Å². The number of hydrogen-bond donors (Lipinski definition) is 1. The number of nitrogens with one attached hydrogen (secondary N) is 1. The standard InChI is InChI=1S/C4H9N.Na.H/c1-2-4-5-3-1;;/h5H,1-4H2;;. The molecule has 2 heteroatoms. The van der Waals surface area contributed by atoms with E-state index in [1.807, 2.05) is 0 Å². The Labute approximate surface area is 60.8 Å². The van der Waals surface area contributed by atoms with Crippen LogP contribution in [0.4, 0.5) is 0 Å². The molecule has 0 aromatic rings. The Morgan fingerprint density at radius 3 is 1.67 bits per heavy atom. The van der Waals surface area contributed by atoms with Gasteiger partial charge in [-0.2, -0.15) is 0 Å². The molecule has 6 heavy (non-hydrogen) atoms. The van der Waals surface area contributed by atoms with E-state index in [1.54, 1.807) is 0 Å². The monoisotopic (exact) mass is 95.1 g/mol. The Morgan fingerprint density at radius 1 is 1.00 bits per heavy atom. The van der Waals surface area contributed by atoms with Gasteiger partial charge in [0.15, 0.2) is 0 Å². The van der Waals surface area contributed by atoms with Gasteiger partial charge in [0.05, 0.1) is 0 Å². The molecule has 1 N–H and O–H groups in total. The van der Waals surface area contributed by atoms with Crippen LogP contribution >= 0.6 is 0 Å². The maximum absolute atomic E-state index is 3.22. The molecule has 1 saturated heterocycles. The van der Waals surface area contributed by atoms with Crippen molar-refractivity contribution in [2.24, 2.45) is 0 Å². The molecule has 1 nitrogen and oxygen atoms in total. The Morgan fingerprint density at radius 2 is 1.50 bits per heavy atom. The van der Waals surface area contributed by atoms with E-state index in [0.29, 0.717) is 0 Å². The molecule has 0 aromatic carbocycles. The molecule has 1 heterocycles. The number of rotatable bonds is 0. The zero-order valence-corrected chi connectivity index (χ0v) is 3.33. The van der Waals surface area contributed by atoms with Crippen LogP contribution in [0.15, 0.2) is 0 Å². The van der Waals surface area contributed by atoms with Crippen molar-refractivity contribution in [1.29, 1.82) is 0 Å². The quantitative estimate of drug-likeness (QED) is 0.408. The second-order valence-corrected chi connectivity index (χ2v) is 1.46. The fraction of sp³-hybridized carbons (Fsp3) is 1.00. The Bertz CT molecular complexity index is 19.1. The zero-order valence-electron chi connectivity index (χ0n) is 3.33. The molecule has 1 fully saturated rings. The van der Waals surface area contributed by atoms with E-state index in [0.717, 1.165) is 0 Å². The predicted octanol–water partition coefficient (Wildman–Crippen LogP) is -0.279. The van der Waals surface area contributed by atoms with Gasteiger partial charge in [-0.15, -0.1) is 0 Å². The molecule has 1 rings (SSSR count). The van der Waals surface area contributed by atoms with Crippen LogP contribution in [0.2, 0.25) is 0 Å². The summed E-state index contributed by atoms with van der Waals surface area (Å²) in [4.78, 5) is 0. The molecule has 0 bridgehead atoms. The van der Waals surface area contributed by atoms with Gasteiger partial charge in [0.1, 0.15) is 0 Å². The average molecular weight is 95.1 g/mol. The van der Waals surface area contributed by atoms with E-state index < -0.39 is 0 Å². The van der Waals surface area contributed by atoms with Crippen molar-refractivity contribution in [1.82, 2.24) is 5.32 Å². The normalized spacial score (nSPS) is 20.0. The van der Waals surface area contributed by atoms with Gasteiger partial charge >= 0.3 is 29.6 Å². The van der Waals surface area contributed by atoms with Crippen LogP contribution in [-0.4, -0.2) is 42.6 Å². The Balaban J connectivity index is 0.000000250. The van der Waals surface area contributed by atoms with Gasteiger partial charge in [0.2, 0.25) is 0 Å². The molecule has 0 atom stereocenters. The van der Waals surface area contributed by atoms with E-state index in [1.165, 1.54) is 25.9 Å². The van der Waals surface area contributed by atoms with Gasteiger partial charge in [-0.05, 0) is 25.9 Å². The molecule has 1 aliphatic heterocycles. The fourth-order valence-corrected chi connectivity index (χ4v) is 0.625. The van der Waals surface area contributed by atoms with Crippen molar-refractivity contribution in [2.75, 3.05) is 13.1 Å². The first kappa shape index (κ1) is 6.96. The summed E-state index contributed by atoms with van der Waals surface area (Å²) in [7, 11) is 0. The van der Waals surface area contributed by atoms with Gasteiger partial charge in [0, 0.05) is 0 Å². The molecule has 0 unspecified atom stereocenters. The molecule has 0 amide bonds. The third-order valence-electron chi connectivity index (χ3n) is 0.957. The molecular weight excluding hydrogens is 85.0 g/mol. The van der Waals surface area contributed by atoms with Gasteiger partial charge in [-0.25, -0.2) is 0 Å². The SMILES string of the molecule is C1CCNC1.[NaH]. The summed E-state index contributed by atoms with van der Waals surface area (Å²) in [6, 6.07) is 0. The second-order valence-electron chi connectivity index (χ2n) is 1.46. The maximum atomic E-state index is 3.22. The van der Waals surface area contributed by atoms with Crippen LogP contribution in [-0.2, 0) is 0 Å². The summed E-state index contributed by atoms with van der Waals surface area (Å²) in [6.45, 7) is 2.50. The van der Waals surface area contributed by atoms with E-state index in [9.17, 15) is 0 Å².